The van der Waals surface area contributed by atoms with Crippen molar-refractivity contribution in [3.05, 3.63) is 34.3 Å². The average molecular weight is 253 g/mol. The second kappa shape index (κ2) is 5.03. The summed E-state index contributed by atoms with van der Waals surface area (Å²) in [7, 11) is 0. The topological polar surface area (TPSA) is 52.0 Å². The normalized spacial score (nSPS) is 13.9. The van der Waals surface area contributed by atoms with Crippen molar-refractivity contribution in [2.24, 2.45) is 11.5 Å². The third-order valence-electron chi connectivity index (χ3n) is 2.20. The summed E-state index contributed by atoms with van der Waals surface area (Å²) >= 11 is 5.55. The van der Waals surface area contributed by atoms with E-state index in [0.717, 1.165) is 6.07 Å². The first-order valence-electron chi connectivity index (χ1n) is 4.68. The number of nitrogens with two attached hydrogens (primary N) is 2. The molecule has 16 heavy (non-hydrogen) atoms. The van der Waals surface area contributed by atoms with Gasteiger partial charge in [0.25, 0.3) is 0 Å². The second-order valence-electron chi connectivity index (χ2n) is 3.42. The van der Waals surface area contributed by atoms with E-state index in [4.69, 9.17) is 23.1 Å². The fourth-order valence-corrected chi connectivity index (χ4v) is 1.63. The number of benzene rings is 1. The van der Waals surface area contributed by atoms with Gasteiger partial charge in [0, 0.05) is 6.04 Å². The first-order chi connectivity index (χ1) is 7.36. The Morgan fingerprint density at radius 2 is 1.94 bits per heavy atom. The minimum Gasteiger partial charge on any atom is -0.330 e. The molecular weight excluding hydrogens is 241 g/mol. The van der Waals surface area contributed by atoms with Crippen molar-refractivity contribution in [3.8, 4) is 0 Å². The Balaban J connectivity index is 3.00. The van der Waals surface area contributed by atoms with Gasteiger partial charge in [-0.2, -0.15) is 13.2 Å². The van der Waals surface area contributed by atoms with E-state index < -0.39 is 11.7 Å². The second-order valence-corrected chi connectivity index (χ2v) is 3.83. The molecule has 4 N–H and O–H groups in total. The van der Waals surface area contributed by atoms with Gasteiger partial charge >= 0.3 is 6.18 Å². The van der Waals surface area contributed by atoms with Crippen LogP contribution in [0, 0.1) is 0 Å². The Morgan fingerprint density at radius 3 is 2.38 bits per heavy atom. The summed E-state index contributed by atoms with van der Waals surface area (Å²) in [5, 5.41) is -0.336. The van der Waals surface area contributed by atoms with E-state index in [2.05, 4.69) is 0 Å². The smallest absolute Gasteiger partial charge is 0.330 e. The van der Waals surface area contributed by atoms with Gasteiger partial charge in [0.05, 0.1) is 10.6 Å². The largest absolute Gasteiger partial charge is 0.417 e. The monoisotopic (exact) mass is 252 g/mol. The molecular formula is C10H12ClF3N2. The molecule has 0 aliphatic heterocycles. The maximum Gasteiger partial charge on any atom is 0.417 e. The van der Waals surface area contributed by atoms with Gasteiger partial charge in [0.1, 0.15) is 0 Å². The summed E-state index contributed by atoms with van der Waals surface area (Å²) in [5.41, 5.74) is 10.7. The Labute approximate surface area is 96.4 Å². The van der Waals surface area contributed by atoms with Crippen molar-refractivity contribution in [1.29, 1.82) is 0 Å². The van der Waals surface area contributed by atoms with Crippen LogP contribution in [0.4, 0.5) is 13.2 Å². The van der Waals surface area contributed by atoms with Crippen LogP contribution in [0.2, 0.25) is 5.02 Å². The van der Waals surface area contributed by atoms with Gasteiger partial charge in [-0.1, -0.05) is 17.7 Å². The van der Waals surface area contributed by atoms with Crippen LogP contribution in [0.5, 0.6) is 0 Å². The van der Waals surface area contributed by atoms with Crippen molar-refractivity contribution in [1.82, 2.24) is 0 Å². The highest BCUT2D eigenvalue weighted by atomic mass is 35.5. The fourth-order valence-electron chi connectivity index (χ4n) is 1.34. The van der Waals surface area contributed by atoms with E-state index in [0.29, 0.717) is 18.5 Å². The van der Waals surface area contributed by atoms with Crippen LogP contribution in [0.3, 0.4) is 0 Å². The van der Waals surface area contributed by atoms with Gasteiger partial charge < -0.3 is 11.5 Å². The summed E-state index contributed by atoms with van der Waals surface area (Å²) in [4.78, 5) is 0. The maximum atomic E-state index is 12.4. The molecule has 0 saturated heterocycles. The predicted octanol–water partition coefficient (Wildman–Crippen LogP) is 2.71. The van der Waals surface area contributed by atoms with Gasteiger partial charge in [0.15, 0.2) is 0 Å². The summed E-state index contributed by atoms with van der Waals surface area (Å²) in [6, 6.07) is 3.12. The lowest BCUT2D eigenvalue weighted by Crippen LogP contribution is -2.16. The molecule has 0 heterocycles. The van der Waals surface area contributed by atoms with Crippen LogP contribution in [0.25, 0.3) is 0 Å². The standard InChI is InChI=1S/C10H12ClF3N2/c11-8-5-6(9(16)3-4-15)1-2-7(8)10(12,13)14/h1-2,5,9H,3-4,15-16H2/t9-/m0/s1. The highest BCUT2D eigenvalue weighted by Gasteiger charge is 2.33. The van der Waals surface area contributed by atoms with Crippen LogP contribution >= 0.6 is 11.6 Å². The molecule has 1 aromatic carbocycles. The van der Waals surface area contributed by atoms with E-state index in [1.165, 1.54) is 12.1 Å². The van der Waals surface area contributed by atoms with Crippen molar-refractivity contribution in [2.75, 3.05) is 6.54 Å². The summed E-state index contributed by atoms with van der Waals surface area (Å²) < 4.78 is 37.2. The number of halogens is 4. The van der Waals surface area contributed by atoms with Gasteiger partial charge in [-0.05, 0) is 30.7 Å². The van der Waals surface area contributed by atoms with Crippen molar-refractivity contribution < 1.29 is 13.2 Å². The summed E-state index contributed by atoms with van der Waals surface area (Å²) in [6.07, 6.45) is -3.94. The molecule has 90 valence electrons. The van der Waals surface area contributed by atoms with E-state index in [9.17, 15) is 13.2 Å². The number of alkyl halides is 3. The number of hydrogen-bond acceptors (Lipinski definition) is 2. The average Bonchev–Trinajstić information content (AvgIpc) is 2.16. The SMILES string of the molecule is NCC[C@H](N)c1ccc(C(F)(F)F)c(Cl)c1. The zero-order valence-electron chi connectivity index (χ0n) is 8.39. The molecule has 1 rings (SSSR count). The summed E-state index contributed by atoms with van der Waals surface area (Å²) in [6.45, 7) is 0.375. The lowest BCUT2D eigenvalue weighted by molar-refractivity contribution is -0.137. The highest BCUT2D eigenvalue weighted by molar-refractivity contribution is 6.31. The summed E-state index contributed by atoms with van der Waals surface area (Å²) in [5.74, 6) is 0. The highest BCUT2D eigenvalue weighted by Crippen LogP contribution is 2.35. The zero-order chi connectivity index (χ0) is 12.3. The van der Waals surface area contributed by atoms with E-state index >= 15 is 0 Å². The van der Waals surface area contributed by atoms with Gasteiger partial charge in [-0.25, -0.2) is 0 Å². The zero-order valence-corrected chi connectivity index (χ0v) is 9.15. The van der Waals surface area contributed by atoms with E-state index in [1.807, 2.05) is 0 Å². The Bertz CT molecular complexity index is 366. The van der Waals surface area contributed by atoms with Crippen LogP contribution in [-0.4, -0.2) is 6.54 Å². The van der Waals surface area contributed by atoms with Crippen LogP contribution in [0.1, 0.15) is 23.6 Å². The maximum absolute atomic E-state index is 12.4. The minimum absolute atomic E-state index is 0.336. The fraction of sp³-hybridized carbons (Fsp3) is 0.400. The molecule has 0 aliphatic carbocycles. The molecule has 2 nitrogen and oxygen atoms in total. The predicted molar refractivity (Wildman–Crippen MR) is 57.1 cm³/mol. The van der Waals surface area contributed by atoms with Gasteiger partial charge in [0.2, 0.25) is 0 Å². The van der Waals surface area contributed by atoms with Crippen LogP contribution in [0.15, 0.2) is 18.2 Å². The van der Waals surface area contributed by atoms with Crippen LogP contribution < -0.4 is 11.5 Å². The van der Waals surface area contributed by atoms with E-state index in [1.54, 1.807) is 0 Å². The molecule has 1 aromatic rings. The minimum atomic E-state index is -4.44. The Kier molecular flexibility index (Phi) is 4.18. The first kappa shape index (κ1) is 13.3. The first-order valence-corrected chi connectivity index (χ1v) is 5.06. The van der Waals surface area contributed by atoms with Crippen molar-refractivity contribution in [2.45, 2.75) is 18.6 Å². The van der Waals surface area contributed by atoms with Crippen LogP contribution in [-0.2, 0) is 6.18 Å². The number of hydrogen-bond donors (Lipinski definition) is 2. The molecule has 0 amide bonds. The molecule has 0 fully saturated rings. The Hall–Kier alpha value is -0.780. The van der Waals surface area contributed by atoms with Crippen molar-refractivity contribution in [3.63, 3.8) is 0 Å². The molecule has 0 spiro atoms. The number of rotatable bonds is 3. The third-order valence-corrected chi connectivity index (χ3v) is 2.52. The van der Waals surface area contributed by atoms with Gasteiger partial charge in [-0.3, -0.25) is 0 Å². The molecule has 0 aliphatic rings. The molecule has 0 bridgehead atoms. The lowest BCUT2D eigenvalue weighted by atomic mass is 10.0. The molecule has 1 atom stereocenters. The molecule has 6 heteroatoms. The van der Waals surface area contributed by atoms with Gasteiger partial charge in [-0.15, -0.1) is 0 Å². The third kappa shape index (κ3) is 3.10. The van der Waals surface area contributed by atoms with E-state index in [-0.39, 0.29) is 11.1 Å². The lowest BCUT2D eigenvalue weighted by Gasteiger charge is -2.14. The van der Waals surface area contributed by atoms with Crippen molar-refractivity contribution >= 4 is 11.6 Å². The molecule has 0 saturated carbocycles. The molecule has 0 radical (unpaired) electrons. The quantitative estimate of drug-likeness (QED) is 0.869. The molecule has 0 aromatic heterocycles. The molecule has 0 unspecified atom stereocenters. The Morgan fingerprint density at radius 1 is 1.31 bits per heavy atom.